The van der Waals surface area contributed by atoms with Gasteiger partial charge in [-0.3, -0.25) is 0 Å². The Morgan fingerprint density at radius 1 is 1.25 bits per heavy atom. The van der Waals surface area contributed by atoms with Crippen molar-refractivity contribution < 1.29 is 4.39 Å². The second-order valence-corrected chi connectivity index (χ2v) is 6.19. The van der Waals surface area contributed by atoms with Crippen LogP contribution in [-0.4, -0.2) is 6.54 Å². The number of nitrogens with one attached hydrogen (secondary N) is 1. The van der Waals surface area contributed by atoms with Crippen LogP contribution < -0.4 is 5.32 Å². The molecule has 0 fully saturated rings. The fraction of sp³-hybridized carbons (Fsp3) is 0.250. The predicted molar refractivity (Wildman–Crippen MR) is 90.7 cm³/mol. The summed E-state index contributed by atoms with van der Waals surface area (Å²) in [5.41, 5.74) is 2.10. The van der Waals surface area contributed by atoms with Crippen molar-refractivity contribution in [3.8, 4) is 0 Å². The van der Waals surface area contributed by atoms with Gasteiger partial charge in [-0.1, -0.05) is 36.7 Å². The zero-order chi connectivity index (χ0) is 14.5. The molecule has 1 nitrogen and oxygen atoms in total. The summed E-state index contributed by atoms with van der Waals surface area (Å²) < 4.78 is 14.3. The highest BCUT2D eigenvalue weighted by atomic mass is 127. The number of benzene rings is 2. The van der Waals surface area contributed by atoms with E-state index in [1.807, 2.05) is 18.2 Å². The number of halogens is 3. The van der Waals surface area contributed by atoms with Gasteiger partial charge in [-0.05, 0) is 70.9 Å². The molecule has 2 rings (SSSR count). The van der Waals surface area contributed by atoms with Gasteiger partial charge in [0.05, 0.1) is 5.02 Å². The molecule has 0 aliphatic heterocycles. The van der Waals surface area contributed by atoms with Crippen LogP contribution in [0, 0.1) is 9.39 Å². The summed E-state index contributed by atoms with van der Waals surface area (Å²) in [6.45, 7) is 2.91. The summed E-state index contributed by atoms with van der Waals surface area (Å²) in [4.78, 5) is 0. The van der Waals surface area contributed by atoms with Crippen LogP contribution in [0.25, 0.3) is 0 Å². The summed E-state index contributed by atoms with van der Waals surface area (Å²) >= 11 is 8.40. The van der Waals surface area contributed by atoms with Gasteiger partial charge in [0.25, 0.3) is 0 Å². The predicted octanol–water partition coefficient (Wildman–Crippen LogP) is 4.98. The van der Waals surface area contributed by atoms with Crippen LogP contribution in [0.15, 0.2) is 42.5 Å². The molecule has 0 amide bonds. The quantitative estimate of drug-likeness (QED) is 0.695. The first kappa shape index (κ1) is 15.7. The lowest BCUT2D eigenvalue weighted by Crippen LogP contribution is -2.23. The highest BCUT2D eigenvalue weighted by Gasteiger charge is 2.13. The van der Waals surface area contributed by atoms with Crippen molar-refractivity contribution in [2.75, 3.05) is 6.54 Å². The highest BCUT2D eigenvalue weighted by molar-refractivity contribution is 14.1. The molecule has 0 saturated heterocycles. The number of hydrogen-bond donors (Lipinski definition) is 1. The molecule has 1 atom stereocenters. The molecule has 20 heavy (non-hydrogen) atoms. The standard InChI is InChI=1S/C16H16ClFIN/c1-2-20-16(9-11-4-3-5-13(18)8-11)12-6-7-15(19)14(17)10-12/h3-8,10,16,20H,2,9H2,1H3. The fourth-order valence-electron chi connectivity index (χ4n) is 2.18. The molecule has 0 saturated carbocycles. The Labute approximate surface area is 137 Å². The third-order valence-electron chi connectivity index (χ3n) is 3.13. The van der Waals surface area contributed by atoms with E-state index in [0.29, 0.717) is 0 Å². The maximum absolute atomic E-state index is 13.3. The van der Waals surface area contributed by atoms with E-state index in [-0.39, 0.29) is 11.9 Å². The molecule has 0 aliphatic rings. The second kappa shape index (κ2) is 7.38. The first-order chi connectivity index (χ1) is 9.60. The maximum Gasteiger partial charge on any atom is 0.123 e. The van der Waals surface area contributed by atoms with Gasteiger partial charge in [0, 0.05) is 9.61 Å². The van der Waals surface area contributed by atoms with Gasteiger partial charge in [-0.15, -0.1) is 0 Å². The van der Waals surface area contributed by atoms with Crippen LogP contribution in [0.4, 0.5) is 4.39 Å². The first-order valence-electron chi connectivity index (χ1n) is 6.53. The smallest absolute Gasteiger partial charge is 0.123 e. The van der Waals surface area contributed by atoms with Crippen molar-refractivity contribution in [2.45, 2.75) is 19.4 Å². The second-order valence-electron chi connectivity index (χ2n) is 4.62. The van der Waals surface area contributed by atoms with Crippen LogP contribution in [-0.2, 0) is 6.42 Å². The Kier molecular flexibility index (Phi) is 5.81. The Hall–Kier alpha value is -0.650. The molecule has 0 heterocycles. The molecule has 0 radical (unpaired) electrons. The molecule has 0 aliphatic carbocycles. The Morgan fingerprint density at radius 2 is 2.05 bits per heavy atom. The van der Waals surface area contributed by atoms with Gasteiger partial charge in [-0.2, -0.15) is 0 Å². The summed E-state index contributed by atoms with van der Waals surface area (Å²) in [6, 6.07) is 12.9. The third-order valence-corrected chi connectivity index (χ3v) is 4.70. The van der Waals surface area contributed by atoms with Gasteiger partial charge in [0.15, 0.2) is 0 Å². The van der Waals surface area contributed by atoms with E-state index in [9.17, 15) is 4.39 Å². The number of likely N-dealkylation sites (N-methyl/N-ethyl adjacent to an activating group) is 1. The van der Waals surface area contributed by atoms with Gasteiger partial charge in [0.2, 0.25) is 0 Å². The fourth-order valence-corrected chi connectivity index (χ4v) is 2.71. The minimum absolute atomic E-state index is 0.135. The number of hydrogen-bond acceptors (Lipinski definition) is 1. The topological polar surface area (TPSA) is 12.0 Å². The third kappa shape index (κ3) is 4.17. The first-order valence-corrected chi connectivity index (χ1v) is 7.98. The molecule has 1 N–H and O–H groups in total. The lowest BCUT2D eigenvalue weighted by atomic mass is 9.99. The Bertz CT molecular complexity index is 588. The molecule has 2 aromatic rings. The van der Waals surface area contributed by atoms with Crippen LogP contribution in [0.5, 0.6) is 0 Å². The lowest BCUT2D eigenvalue weighted by molar-refractivity contribution is 0.546. The van der Waals surface area contributed by atoms with Crippen LogP contribution >= 0.6 is 34.2 Å². The average molecular weight is 404 g/mol. The van der Waals surface area contributed by atoms with Crippen molar-refractivity contribution in [3.05, 3.63) is 68.0 Å². The summed E-state index contributed by atoms with van der Waals surface area (Å²) in [5, 5.41) is 4.18. The number of rotatable bonds is 5. The molecule has 2 aromatic carbocycles. The maximum atomic E-state index is 13.3. The van der Waals surface area contributed by atoms with E-state index < -0.39 is 0 Å². The van der Waals surface area contributed by atoms with Crippen LogP contribution in [0.3, 0.4) is 0 Å². The normalized spacial score (nSPS) is 12.4. The van der Waals surface area contributed by atoms with Crippen molar-refractivity contribution in [3.63, 3.8) is 0 Å². The molecule has 1 unspecified atom stereocenters. The molecule has 4 heteroatoms. The molecular formula is C16H16ClFIN. The average Bonchev–Trinajstić information content (AvgIpc) is 2.41. The molecule has 0 spiro atoms. The zero-order valence-electron chi connectivity index (χ0n) is 11.2. The van der Waals surface area contributed by atoms with Crippen molar-refractivity contribution in [2.24, 2.45) is 0 Å². The van der Waals surface area contributed by atoms with Crippen molar-refractivity contribution >= 4 is 34.2 Å². The Balaban J connectivity index is 2.24. The SMILES string of the molecule is CCNC(Cc1cccc(F)c1)c1ccc(I)c(Cl)c1. The molecular weight excluding hydrogens is 388 g/mol. The monoisotopic (exact) mass is 403 g/mol. The van der Waals surface area contributed by atoms with E-state index in [1.54, 1.807) is 12.1 Å². The van der Waals surface area contributed by atoms with Crippen molar-refractivity contribution in [1.29, 1.82) is 0 Å². The van der Waals surface area contributed by atoms with Gasteiger partial charge in [-0.25, -0.2) is 4.39 Å². The largest absolute Gasteiger partial charge is 0.310 e. The van der Waals surface area contributed by atoms with E-state index in [1.165, 1.54) is 6.07 Å². The molecule has 0 bridgehead atoms. The van der Waals surface area contributed by atoms with Crippen LogP contribution in [0.2, 0.25) is 5.02 Å². The lowest BCUT2D eigenvalue weighted by Gasteiger charge is -2.19. The van der Waals surface area contributed by atoms with Crippen LogP contribution in [0.1, 0.15) is 24.1 Å². The van der Waals surface area contributed by atoms with E-state index in [2.05, 4.69) is 40.9 Å². The summed E-state index contributed by atoms with van der Waals surface area (Å²) in [6.07, 6.45) is 0.739. The molecule has 0 aromatic heterocycles. The molecule has 106 valence electrons. The summed E-state index contributed by atoms with van der Waals surface area (Å²) in [5.74, 6) is -0.196. The van der Waals surface area contributed by atoms with E-state index in [4.69, 9.17) is 11.6 Å². The van der Waals surface area contributed by atoms with Gasteiger partial charge in [0.1, 0.15) is 5.82 Å². The van der Waals surface area contributed by atoms with E-state index >= 15 is 0 Å². The summed E-state index contributed by atoms with van der Waals surface area (Å²) in [7, 11) is 0. The van der Waals surface area contributed by atoms with Crippen molar-refractivity contribution in [1.82, 2.24) is 5.32 Å². The Morgan fingerprint density at radius 3 is 2.70 bits per heavy atom. The van der Waals surface area contributed by atoms with Gasteiger partial charge < -0.3 is 5.32 Å². The minimum Gasteiger partial charge on any atom is -0.310 e. The highest BCUT2D eigenvalue weighted by Crippen LogP contribution is 2.25. The van der Waals surface area contributed by atoms with E-state index in [0.717, 1.165) is 32.7 Å². The minimum atomic E-state index is -0.196. The zero-order valence-corrected chi connectivity index (χ0v) is 14.1. The van der Waals surface area contributed by atoms with Gasteiger partial charge >= 0.3 is 0 Å².